The Hall–Kier alpha value is -2.66. The van der Waals surface area contributed by atoms with Crippen molar-refractivity contribution in [2.24, 2.45) is 5.92 Å². The van der Waals surface area contributed by atoms with Gasteiger partial charge in [-0.15, -0.1) is 0 Å². The highest BCUT2D eigenvalue weighted by molar-refractivity contribution is 6.30. The van der Waals surface area contributed by atoms with Crippen molar-refractivity contribution in [1.82, 2.24) is 9.88 Å². The van der Waals surface area contributed by atoms with E-state index in [-0.39, 0.29) is 11.6 Å². The van der Waals surface area contributed by atoms with Crippen LogP contribution in [0.15, 0.2) is 48.5 Å². The molecule has 28 heavy (non-hydrogen) atoms. The molecule has 3 rings (SSSR count). The van der Waals surface area contributed by atoms with E-state index >= 15 is 0 Å². The van der Waals surface area contributed by atoms with Crippen molar-refractivity contribution in [3.8, 4) is 16.9 Å². The standard InChI is InChI=1S/C22H21ClF2N2O/c1-13(2)12-26-22(28)18-11-21(15-4-6-16(23)7-5-15)27(14(18)3)20-9-8-17(24)10-19(20)25/h4-11,13H,12H2,1-3H3,(H,26,28). The number of carbonyl (C=O) groups excluding carboxylic acids is 1. The third kappa shape index (κ3) is 4.09. The highest BCUT2D eigenvalue weighted by Crippen LogP contribution is 2.31. The molecule has 0 atom stereocenters. The molecular formula is C22H21ClF2N2O. The third-order valence-electron chi connectivity index (χ3n) is 4.45. The van der Waals surface area contributed by atoms with Gasteiger partial charge in [0.1, 0.15) is 11.6 Å². The van der Waals surface area contributed by atoms with Gasteiger partial charge in [-0.05, 0) is 48.7 Å². The van der Waals surface area contributed by atoms with E-state index in [1.807, 2.05) is 13.8 Å². The minimum atomic E-state index is -0.706. The summed E-state index contributed by atoms with van der Waals surface area (Å²) in [5.74, 6) is -1.30. The van der Waals surface area contributed by atoms with Crippen LogP contribution in [0.4, 0.5) is 8.78 Å². The molecule has 1 amide bonds. The van der Waals surface area contributed by atoms with Gasteiger partial charge in [0, 0.05) is 23.3 Å². The van der Waals surface area contributed by atoms with E-state index in [0.717, 1.165) is 11.6 Å². The number of carbonyl (C=O) groups is 1. The Morgan fingerprint density at radius 3 is 2.39 bits per heavy atom. The van der Waals surface area contributed by atoms with Crippen LogP contribution in [-0.2, 0) is 0 Å². The topological polar surface area (TPSA) is 34.0 Å². The number of rotatable bonds is 5. The summed E-state index contributed by atoms with van der Waals surface area (Å²) >= 11 is 5.98. The van der Waals surface area contributed by atoms with E-state index in [1.165, 1.54) is 12.1 Å². The lowest BCUT2D eigenvalue weighted by Gasteiger charge is -2.14. The van der Waals surface area contributed by atoms with Crippen LogP contribution < -0.4 is 5.32 Å². The van der Waals surface area contributed by atoms with Crippen LogP contribution in [0, 0.1) is 24.5 Å². The van der Waals surface area contributed by atoms with E-state index in [0.29, 0.717) is 34.4 Å². The molecule has 0 aliphatic carbocycles. The van der Waals surface area contributed by atoms with Gasteiger partial charge in [-0.3, -0.25) is 4.79 Å². The van der Waals surface area contributed by atoms with Crippen molar-refractivity contribution in [3.05, 3.63) is 76.4 Å². The van der Waals surface area contributed by atoms with Crippen molar-refractivity contribution >= 4 is 17.5 Å². The van der Waals surface area contributed by atoms with E-state index in [4.69, 9.17) is 11.6 Å². The molecule has 0 saturated heterocycles. The normalized spacial score (nSPS) is 11.1. The van der Waals surface area contributed by atoms with Gasteiger partial charge >= 0.3 is 0 Å². The maximum absolute atomic E-state index is 14.6. The number of hydrogen-bond acceptors (Lipinski definition) is 1. The molecule has 0 radical (unpaired) electrons. The van der Waals surface area contributed by atoms with E-state index in [1.54, 1.807) is 41.8 Å². The molecule has 0 unspecified atom stereocenters. The van der Waals surface area contributed by atoms with Gasteiger partial charge in [0.25, 0.3) is 5.91 Å². The Labute approximate surface area is 168 Å². The number of nitrogens with zero attached hydrogens (tertiary/aromatic N) is 1. The average molecular weight is 403 g/mol. The maximum atomic E-state index is 14.6. The van der Waals surface area contributed by atoms with Gasteiger partial charge in [0.05, 0.1) is 16.9 Å². The first-order valence-corrected chi connectivity index (χ1v) is 9.37. The molecule has 1 N–H and O–H groups in total. The zero-order valence-electron chi connectivity index (χ0n) is 15.9. The summed E-state index contributed by atoms with van der Waals surface area (Å²) in [6.07, 6.45) is 0. The van der Waals surface area contributed by atoms with Gasteiger partial charge in [-0.1, -0.05) is 37.6 Å². The second-order valence-electron chi connectivity index (χ2n) is 7.07. The minimum absolute atomic E-state index is 0.173. The van der Waals surface area contributed by atoms with Gasteiger partial charge in [-0.2, -0.15) is 0 Å². The third-order valence-corrected chi connectivity index (χ3v) is 4.71. The van der Waals surface area contributed by atoms with Gasteiger partial charge < -0.3 is 9.88 Å². The first-order valence-electron chi connectivity index (χ1n) is 9.00. The zero-order chi connectivity index (χ0) is 20.4. The summed E-state index contributed by atoms with van der Waals surface area (Å²) < 4.78 is 29.6. The molecule has 146 valence electrons. The largest absolute Gasteiger partial charge is 0.352 e. The van der Waals surface area contributed by atoms with E-state index in [2.05, 4.69) is 5.32 Å². The lowest BCUT2D eigenvalue weighted by molar-refractivity contribution is 0.0948. The minimum Gasteiger partial charge on any atom is -0.352 e. The lowest BCUT2D eigenvalue weighted by atomic mass is 10.1. The van der Waals surface area contributed by atoms with Gasteiger partial charge in [0.2, 0.25) is 0 Å². The maximum Gasteiger partial charge on any atom is 0.253 e. The average Bonchev–Trinajstić information content (AvgIpc) is 2.98. The molecule has 3 aromatic rings. The molecule has 0 aliphatic rings. The predicted molar refractivity (Wildman–Crippen MR) is 108 cm³/mol. The monoisotopic (exact) mass is 402 g/mol. The van der Waals surface area contributed by atoms with Gasteiger partial charge in [-0.25, -0.2) is 8.78 Å². The smallest absolute Gasteiger partial charge is 0.253 e. The number of aromatic nitrogens is 1. The lowest BCUT2D eigenvalue weighted by Crippen LogP contribution is -2.27. The second-order valence-corrected chi connectivity index (χ2v) is 7.51. The highest BCUT2D eigenvalue weighted by Gasteiger charge is 2.21. The second kappa shape index (κ2) is 8.15. The van der Waals surface area contributed by atoms with Crippen molar-refractivity contribution in [2.75, 3.05) is 6.54 Å². The van der Waals surface area contributed by atoms with Crippen molar-refractivity contribution in [1.29, 1.82) is 0 Å². The summed E-state index contributed by atoms with van der Waals surface area (Å²) in [5.41, 5.74) is 2.56. The first kappa shape index (κ1) is 20.1. The molecule has 2 aromatic carbocycles. The first-order chi connectivity index (χ1) is 13.3. The summed E-state index contributed by atoms with van der Waals surface area (Å²) in [6.45, 7) is 6.29. The van der Waals surface area contributed by atoms with Crippen molar-refractivity contribution < 1.29 is 13.6 Å². The predicted octanol–water partition coefficient (Wildman–Crippen LogP) is 5.77. The summed E-state index contributed by atoms with van der Waals surface area (Å²) in [5, 5.41) is 3.46. The molecule has 0 aliphatic heterocycles. The molecule has 0 fully saturated rings. The number of hydrogen-bond donors (Lipinski definition) is 1. The van der Waals surface area contributed by atoms with Crippen LogP contribution in [-0.4, -0.2) is 17.0 Å². The van der Waals surface area contributed by atoms with Crippen LogP contribution in [0.1, 0.15) is 29.9 Å². The Bertz CT molecular complexity index is 1010. The van der Waals surface area contributed by atoms with Crippen LogP contribution in [0.2, 0.25) is 5.02 Å². The van der Waals surface area contributed by atoms with Crippen LogP contribution >= 0.6 is 11.6 Å². The van der Waals surface area contributed by atoms with Gasteiger partial charge in [0.15, 0.2) is 0 Å². The number of amides is 1. The molecule has 0 saturated carbocycles. The summed E-state index contributed by atoms with van der Waals surface area (Å²) in [4.78, 5) is 12.7. The number of halogens is 3. The quantitative estimate of drug-likeness (QED) is 0.577. The SMILES string of the molecule is Cc1c(C(=O)NCC(C)C)cc(-c2ccc(Cl)cc2)n1-c1ccc(F)cc1F. The van der Waals surface area contributed by atoms with E-state index in [9.17, 15) is 13.6 Å². The number of benzene rings is 2. The van der Waals surface area contributed by atoms with Crippen LogP contribution in [0.3, 0.4) is 0 Å². The Balaban J connectivity index is 2.17. The molecular weight excluding hydrogens is 382 g/mol. The fraction of sp³-hybridized carbons (Fsp3) is 0.227. The van der Waals surface area contributed by atoms with Crippen LogP contribution in [0.5, 0.6) is 0 Å². The summed E-state index contributed by atoms with van der Waals surface area (Å²) in [7, 11) is 0. The molecule has 6 heteroatoms. The molecule has 0 bridgehead atoms. The Morgan fingerprint density at radius 2 is 1.79 bits per heavy atom. The highest BCUT2D eigenvalue weighted by atomic mass is 35.5. The fourth-order valence-corrected chi connectivity index (χ4v) is 3.16. The Kier molecular flexibility index (Phi) is 5.84. The van der Waals surface area contributed by atoms with E-state index < -0.39 is 11.6 Å². The summed E-state index contributed by atoms with van der Waals surface area (Å²) in [6, 6.07) is 12.2. The molecule has 3 nitrogen and oxygen atoms in total. The molecule has 1 heterocycles. The van der Waals surface area contributed by atoms with Crippen molar-refractivity contribution in [2.45, 2.75) is 20.8 Å². The van der Waals surface area contributed by atoms with Crippen LogP contribution in [0.25, 0.3) is 16.9 Å². The molecule has 0 spiro atoms. The fourth-order valence-electron chi connectivity index (χ4n) is 3.03. The zero-order valence-corrected chi connectivity index (χ0v) is 16.6. The number of nitrogens with one attached hydrogen (secondary N) is 1. The molecule has 1 aromatic heterocycles. The van der Waals surface area contributed by atoms with Crippen molar-refractivity contribution in [3.63, 3.8) is 0 Å². The Morgan fingerprint density at radius 1 is 1.11 bits per heavy atom.